The predicted molar refractivity (Wildman–Crippen MR) is 66.7 cm³/mol. The lowest BCUT2D eigenvalue weighted by Gasteiger charge is -2.31. The summed E-state index contributed by atoms with van der Waals surface area (Å²) in [6.07, 6.45) is 0.990. The SMILES string of the molecule is CCCN(CCN(C)C)C(C(=O)O)C(C)C. The van der Waals surface area contributed by atoms with Crippen LogP contribution in [0.3, 0.4) is 0 Å². The summed E-state index contributed by atoms with van der Waals surface area (Å²) < 4.78 is 0. The second kappa shape index (κ2) is 7.63. The van der Waals surface area contributed by atoms with Gasteiger partial charge in [-0.1, -0.05) is 20.8 Å². The lowest BCUT2D eigenvalue weighted by atomic mass is 10.0. The van der Waals surface area contributed by atoms with Crippen molar-refractivity contribution in [3.8, 4) is 0 Å². The largest absolute Gasteiger partial charge is 0.480 e. The van der Waals surface area contributed by atoms with E-state index in [1.165, 1.54) is 0 Å². The fourth-order valence-corrected chi connectivity index (χ4v) is 1.87. The number of likely N-dealkylation sites (N-methyl/N-ethyl adjacent to an activating group) is 1. The van der Waals surface area contributed by atoms with E-state index in [1.807, 2.05) is 27.9 Å². The molecule has 0 saturated carbocycles. The highest BCUT2D eigenvalue weighted by atomic mass is 16.4. The van der Waals surface area contributed by atoms with E-state index in [0.29, 0.717) is 0 Å². The van der Waals surface area contributed by atoms with Gasteiger partial charge in [0.1, 0.15) is 6.04 Å². The van der Waals surface area contributed by atoms with Gasteiger partial charge in [0.2, 0.25) is 0 Å². The van der Waals surface area contributed by atoms with Gasteiger partial charge in [0.25, 0.3) is 0 Å². The first-order valence-electron chi connectivity index (χ1n) is 6.01. The molecule has 0 aliphatic carbocycles. The first-order valence-corrected chi connectivity index (χ1v) is 6.01. The molecule has 0 heterocycles. The second-order valence-electron chi connectivity index (χ2n) is 4.87. The molecule has 0 aromatic rings. The van der Waals surface area contributed by atoms with E-state index >= 15 is 0 Å². The Balaban J connectivity index is 4.51. The molecular formula is C12H26N2O2. The van der Waals surface area contributed by atoms with Crippen molar-refractivity contribution in [2.24, 2.45) is 5.92 Å². The van der Waals surface area contributed by atoms with Crippen molar-refractivity contribution in [1.29, 1.82) is 0 Å². The normalized spacial score (nSPS) is 13.8. The molecule has 1 atom stereocenters. The van der Waals surface area contributed by atoms with Crippen molar-refractivity contribution < 1.29 is 9.90 Å². The summed E-state index contributed by atoms with van der Waals surface area (Å²) in [5.74, 6) is -0.562. The van der Waals surface area contributed by atoms with Crippen LogP contribution >= 0.6 is 0 Å². The van der Waals surface area contributed by atoms with Gasteiger partial charge in [0.15, 0.2) is 0 Å². The first-order chi connectivity index (χ1) is 7.40. The number of hydrogen-bond acceptors (Lipinski definition) is 3. The van der Waals surface area contributed by atoms with Gasteiger partial charge in [-0.3, -0.25) is 9.69 Å². The van der Waals surface area contributed by atoms with E-state index in [4.69, 9.17) is 0 Å². The maximum atomic E-state index is 11.2. The quantitative estimate of drug-likeness (QED) is 0.684. The number of nitrogens with zero attached hydrogens (tertiary/aromatic N) is 2. The number of carboxylic acids is 1. The van der Waals surface area contributed by atoms with E-state index in [-0.39, 0.29) is 12.0 Å². The molecule has 1 N–H and O–H groups in total. The molecule has 0 spiro atoms. The van der Waals surface area contributed by atoms with Crippen molar-refractivity contribution in [3.05, 3.63) is 0 Å². The van der Waals surface area contributed by atoms with Crippen molar-refractivity contribution in [1.82, 2.24) is 9.80 Å². The lowest BCUT2D eigenvalue weighted by Crippen LogP contribution is -2.47. The first kappa shape index (κ1) is 15.4. The van der Waals surface area contributed by atoms with E-state index in [9.17, 15) is 9.90 Å². The zero-order chi connectivity index (χ0) is 12.7. The van der Waals surface area contributed by atoms with Crippen LogP contribution in [0, 0.1) is 5.92 Å². The summed E-state index contributed by atoms with van der Waals surface area (Å²) in [6, 6.07) is -0.361. The molecule has 0 aliphatic heterocycles. The Hall–Kier alpha value is -0.610. The molecule has 0 aromatic heterocycles. The van der Waals surface area contributed by atoms with Crippen LogP contribution < -0.4 is 0 Å². The van der Waals surface area contributed by atoms with Gasteiger partial charge < -0.3 is 10.0 Å². The number of carbonyl (C=O) groups is 1. The summed E-state index contributed by atoms with van der Waals surface area (Å²) in [7, 11) is 4.02. The van der Waals surface area contributed by atoms with Crippen LogP contribution in [0.5, 0.6) is 0 Å². The van der Waals surface area contributed by atoms with Gasteiger partial charge in [-0.2, -0.15) is 0 Å². The maximum Gasteiger partial charge on any atom is 0.321 e. The summed E-state index contributed by atoms with van der Waals surface area (Å²) in [5, 5.41) is 9.25. The van der Waals surface area contributed by atoms with E-state index < -0.39 is 5.97 Å². The molecule has 4 nitrogen and oxygen atoms in total. The fraction of sp³-hybridized carbons (Fsp3) is 0.917. The third-order valence-electron chi connectivity index (χ3n) is 2.62. The summed E-state index contributed by atoms with van der Waals surface area (Å²) in [5.41, 5.74) is 0. The zero-order valence-electron chi connectivity index (χ0n) is 11.2. The summed E-state index contributed by atoms with van der Waals surface area (Å²) >= 11 is 0. The van der Waals surface area contributed by atoms with Crippen LogP contribution in [0.15, 0.2) is 0 Å². The zero-order valence-corrected chi connectivity index (χ0v) is 11.2. The van der Waals surface area contributed by atoms with Gasteiger partial charge in [-0.15, -0.1) is 0 Å². The minimum Gasteiger partial charge on any atom is -0.480 e. The van der Waals surface area contributed by atoms with Crippen LogP contribution in [0.25, 0.3) is 0 Å². The number of rotatable bonds is 8. The van der Waals surface area contributed by atoms with Crippen LogP contribution in [0.2, 0.25) is 0 Å². The molecule has 0 rings (SSSR count). The molecular weight excluding hydrogens is 204 g/mol. The Labute approximate surface area is 99.2 Å². The molecule has 16 heavy (non-hydrogen) atoms. The Morgan fingerprint density at radius 2 is 1.75 bits per heavy atom. The minimum absolute atomic E-state index is 0.145. The highest BCUT2D eigenvalue weighted by Gasteiger charge is 2.27. The van der Waals surface area contributed by atoms with Crippen molar-refractivity contribution in [2.75, 3.05) is 33.7 Å². The molecule has 0 fully saturated rings. The molecule has 0 amide bonds. The van der Waals surface area contributed by atoms with Crippen molar-refractivity contribution in [2.45, 2.75) is 33.2 Å². The van der Waals surface area contributed by atoms with Crippen LogP contribution in [-0.4, -0.2) is 60.6 Å². The Morgan fingerprint density at radius 3 is 2.06 bits per heavy atom. The molecule has 96 valence electrons. The molecule has 4 heteroatoms. The van der Waals surface area contributed by atoms with Crippen LogP contribution in [0.1, 0.15) is 27.2 Å². The van der Waals surface area contributed by atoms with Gasteiger partial charge in [-0.25, -0.2) is 0 Å². The summed E-state index contributed by atoms with van der Waals surface area (Å²) in [6.45, 7) is 8.59. The minimum atomic E-state index is -0.706. The van der Waals surface area contributed by atoms with E-state index in [0.717, 1.165) is 26.1 Å². The number of hydrogen-bond donors (Lipinski definition) is 1. The van der Waals surface area contributed by atoms with Gasteiger partial charge >= 0.3 is 5.97 Å². The highest BCUT2D eigenvalue weighted by Crippen LogP contribution is 2.11. The Bertz CT molecular complexity index is 205. The fourth-order valence-electron chi connectivity index (χ4n) is 1.87. The van der Waals surface area contributed by atoms with E-state index in [1.54, 1.807) is 0 Å². The monoisotopic (exact) mass is 230 g/mol. The Morgan fingerprint density at radius 1 is 1.19 bits per heavy atom. The van der Waals surface area contributed by atoms with Crippen LogP contribution in [-0.2, 0) is 4.79 Å². The standard InChI is InChI=1S/C12H26N2O2/c1-6-7-14(9-8-13(4)5)11(10(2)3)12(15)16/h10-11H,6-9H2,1-5H3,(H,15,16). The summed E-state index contributed by atoms with van der Waals surface area (Å²) in [4.78, 5) is 15.4. The lowest BCUT2D eigenvalue weighted by molar-refractivity contribution is -0.145. The smallest absolute Gasteiger partial charge is 0.321 e. The van der Waals surface area contributed by atoms with Crippen molar-refractivity contribution in [3.63, 3.8) is 0 Å². The molecule has 0 saturated heterocycles. The average Bonchev–Trinajstić information content (AvgIpc) is 2.13. The molecule has 1 unspecified atom stereocenters. The van der Waals surface area contributed by atoms with E-state index in [2.05, 4.69) is 16.7 Å². The Kier molecular flexibility index (Phi) is 7.34. The molecule has 0 radical (unpaired) electrons. The average molecular weight is 230 g/mol. The maximum absolute atomic E-state index is 11.2. The molecule has 0 aliphatic rings. The van der Waals surface area contributed by atoms with Crippen LogP contribution in [0.4, 0.5) is 0 Å². The second-order valence-corrected chi connectivity index (χ2v) is 4.87. The molecule has 0 aromatic carbocycles. The molecule has 0 bridgehead atoms. The van der Waals surface area contributed by atoms with Gasteiger partial charge in [0, 0.05) is 13.1 Å². The van der Waals surface area contributed by atoms with Gasteiger partial charge in [-0.05, 0) is 33.0 Å². The number of carboxylic acid groups (broad SMARTS) is 1. The highest BCUT2D eigenvalue weighted by molar-refractivity contribution is 5.73. The van der Waals surface area contributed by atoms with Gasteiger partial charge in [0.05, 0.1) is 0 Å². The number of aliphatic carboxylic acids is 1. The third kappa shape index (κ3) is 5.47. The van der Waals surface area contributed by atoms with Crippen molar-refractivity contribution >= 4 is 5.97 Å². The third-order valence-corrected chi connectivity index (χ3v) is 2.62. The predicted octanol–water partition coefficient (Wildman–Crippen LogP) is 1.37. The topological polar surface area (TPSA) is 43.8 Å².